The van der Waals surface area contributed by atoms with Gasteiger partial charge in [0.15, 0.2) is 0 Å². The zero-order valence-electron chi connectivity index (χ0n) is 12.1. The average Bonchev–Trinajstić information content (AvgIpc) is 2.84. The summed E-state index contributed by atoms with van der Waals surface area (Å²) >= 11 is 13.0. The summed E-state index contributed by atoms with van der Waals surface area (Å²) in [5, 5.41) is 10.4. The second kappa shape index (κ2) is 6.30. The van der Waals surface area contributed by atoms with Gasteiger partial charge in [-0.05, 0) is 62.5 Å². The molecule has 2 aromatic heterocycles. The van der Waals surface area contributed by atoms with Crippen LogP contribution in [-0.4, -0.2) is 15.3 Å². The minimum atomic E-state index is -0.142. The van der Waals surface area contributed by atoms with E-state index in [0.29, 0.717) is 31.6 Å². The molecule has 0 saturated heterocycles. The van der Waals surface area contributed by atoms with Crippen molar-refractivity contribution >= 4 is 54.8 Å². The van der Waals surface area contributed by atoms with Gasteiger partial charge in [0.05, 0.1) is 25.2 Å². The largest absolute Gasteiger partial charge is 0.506 e. The molecule has 118 valence electrons. The third-order valence-corrected chi connectivity index (χ3v) is 5.35. The molecule has 3 rings (SSSR count). The number of hydrogen-bond donors (Lipinski definition) is 1. The molecule has 0 bridgehead atoms. The van der Waals surface area contributed by atoms with Crippen molar-refractivity contribution in [2.45, 2.75) is 13.3 Å². The lowest BCUT2D eigenvalue weighted by molar-refractivity contribution is 0.103. The Kier molecular flexibility index (Phi) is 4.54. The fraction of sp³-hybridized carbons (Fsp3) is 0.118. The van der Waals surface area contributed by atoms with Crippen LogP contribution in [0.25, 0.3) is 5.52 Å². The number of rotatable bonds is 3. The minimum Gasteiger partial charge on any atom is -0.506 e. The smallest absolute Gasteiger partial charge is 0.210 e. The lowest BCUT2D eigenvalue weighted by atomic mass is 10.0. The van der Waals surface area contributed by atoms with E-state index in [2.05, 4.69) is 31.9 Å². The maximum atomic E-state index is 13.1. The van der Waals surface area contributed by atoms with Gasteiger partial charge in [0.25, 0.3) is 0 Å². The van der Waals surface area contributed by atoms with Gasteiger partial charge < -0.3 is 9.51 Å². The number of nitrogens with zero attached hydrogens (tertiary/aromatic N) is 1. The van der Waals surface area contributed by atoms with Crippen LogP contribution in [0.1, 0.15) is 28.5 Å². The van der Waals surface area contributed by atoms with Gasteiger partial charge in [0, 0.05) is 17.3 Å². The number of halogens is 3. The maximum absolute atomic E-state index is 13.1. The van der Waals surface area contributed by atoms with Crippen LogP contribution in [0.4, 0.5) is 0 Å². The molecule has 0 unspecified atom stereocenters. The molecule has 6 heteroatoms. The Bertz CT molecular complexity index is 911. The highest BCUT2D eigenvalue weighted by Gasteiger charge is 2.23. The first-order chi connectivity index (χ1) is 11.0. The van der Waals surface area contributed by atoms with Crippen molar-refractivity contribution in [1.29, 1.82) is 0 Å². The Labute approximate surface area is 155 Å². The first kappa shape index (κ1) is 16.6. The number of fused-ring (bicyclic) bond motifs is 1. The Morgan fingerprint density at radius 3 is 2.52 bits per heavy atom. The standard InChI is InChI=1S/C17H12Br2ClNO2/c1-2-10-14(20)13-5-3-4-6-21(13)15(10)16(22)9-7-11(18)17(23)12(19)8-9/h3-8,23H,2H2,1H3. The number of phenolic OH excluding ortho intramolecular Hbond substituents is 1. The number of carbonyl (C=O) groups is 1. The van der Waals surface area contributed by atoms with Crippen LogP contribution in [0, 0.1) is 0 Å². The SMILES string of the molecule is CCc1c(Cl)c2ccccn2c1C(=O)c1cc(Br)c(O)c(Br)c1. The molecule has 23 heavy (non-hydrogen) atoms. The van der Waals surface area contributed by atoms with E-state index >= 15 is 0 Å². The van der Waals surface area contributed by atoms with E-state index < -0.39 is 0 Å². The minimum absolute atomic E-state index is 0.0651. The Balaban J connectivity index is 2.26. The van der Waals surface area contributed by atoms with E-state index in [1.165, 1.54) is 0 Å². The molecule has 0 amide bonds. The van der Waals surface area contributed by atoms with Crippen LogP contribution in [0.5, 0.6) is 5.75 Å². The van der Waals surface area contributed by atoms with Crippen molar-refractivity contribution in [2.24, 2.45) is 0 Å². The van der Waals surface area contributed by atoms with Crippen molar-refractivity contribution in [3.8, 4) is 5.75 Å². The molecule has 0 spiro atoms. The third kappa shape index (κ3) is 2.71. The summed E-state index contributed by atoms with van der Waals surface area (Å²) < 4.78 is 2.73. The summed E-state index contributed by atoms with van der Waals surface area (Å²) in [7, 11) is 0. The van der Waals surface area contributed by atoms with Gasteiger partial charge in [-0.15, -0.1) is 0 Å². The van der Waals surface area contributed by atoms with Crippen molar-refractivity contribution in [2.75, 3.05) is 0 Å². The zero-order valence-corrected chi connectivity index (χ0v) is 16.0. The topological polar surface area (TPSA) is 41.7 Å². The Morgan fingerprint density at radius 2 is 1.91 bits per heavy atom. The molecule has 0 aliphatic heterocycles. The molecular formula is C17H12Br2ClNO2. The Hall–Kier alpha value is -1.30. The second-order valence-electron chi connectivity index (χ2n) is 5.07. The van der Waals surface area contributed by atoms with Gasteiger partial charge >= 0.3 is 0 Å². The first-order valence-electron chi connectivity index (χ1n) is 6.95. The average molecular weight is 458 g/mol. The van der Waals surface area contributed by atoms with E-state index in [9.17, 15) is 9.90 Å². The van der Waals surface area contributed by atoms with Crippen molar-refractivity contribution < 1.29 is 9.90 Å². The molecule has 0 saturated carbocycles. The highest BCUT2D eigenvalue weighted by molar-refractivity contribution is 9.11. The van der Waals surface area contributed by atoms with E-state index in [-0.39, 0.29) is 11.5 Å². The molecule has 1 N–H and O–H groups in total. The molecule has 3 nitrogen and oxygen atoms in total. The molecule has 0 atom stereocenters. The lowest BCUT2D eigenvalue weighted by Crippen LogP contribution is -2.08. The number of carbonyl (C=O) groups excluding carboxylic acids is 1. The molecule has 0 radical (unpaired) electrons. The molecule has 0 aliphatic rings. The summed E-state index contributed by atoms with van der Waals surface area (Å²) in [4.78, 5) is 13.1. The van der Waals surface area contributed by atoms with Crippen molar-refractivity contribution in [3.63, 3.8) is 0 Å². The number of aromatic nitrogens is 1. The zero-order chi connectivity index (χ0) is 16.7. The van der Waals surface area contributed by atoms with Crippen LogP contribution in [-0.2, 0) is 6.42 Å². The number of hydrogen-bond acceptors (Lipinski definition) is 2. The summed E-state index contributed by atoms with van der Waals surface area (Å²) in [6, 6.07) is 8.86. The summed E-state index contributed by atoms with van der Waals surface area (Å²) in [5.74, 6) is -0.0772. The third-order valence-electron chi connectivity index (χ3n) is 3.72. The molecule has 3 aromatic rings. The number of aromatic hydroxyl groups is 1. The van der Waals surface area contributed by atoms with Crippen molar-refractivity contribution in [1.82, 2.24) is 4.40 Å². The predicted molar refractivity (Wildman–Crippen MR) is 98.7 cm³/mol. The molecule has 1 aromatic carbocycles. The number of benzene rings is 1. The number of ketones is 1. The highest BCUT2D eigenvalue weighted by atomic mass is 79.9. The van der Waals surface area contributed by atoms with Crippen LogP contribution in [0.3, 0.4) is 0 Å². The fourth-order valence-electron chi connectivity index (χ4n) is 2.62. The monoisotopic (exact) mass is 455 g/mol. The summed E-state index contributed by atoms with van der Waals surface area (Å²) in [6.07, 6.45) is 2.49. The summed E-state index contributed by atoms with van der Waals surface area (Å²) in [6.45, 7) is 1.97. The molecule has 2 heterocycles. The maximum Gasteiger partial charge on any atom is 0.210 e. The second-order valence-corrected chi connectivity index (χ2v) is 7.15. The van der Waals surface area contributed by atoms with E-state index in [4.69, 9.17) is 11.6 Å². The van der Waals surface area contributed by atoms with Crippen LogP contribution < -0.4 is 0 Å². The van der Waals surface area contributed by atoms with Crippen molar-refractivity contribution in [3.05, 3.63) is 67.3 Å². The van der Waals surface area contributed by atoms with E-state index in [1.807, 2.05) is 35.7 Å². The van der Waals surface area contributed by atoms with Gasteiger partial charge in [-0.25, -0.2) is 0 Å². The Morgan fingerprint density at radius 1 is 1.26 bits per heavy atom. The summed E-state index contributed by atoms with van der Waals surface area (Å²) in [5.41, 5.74) is 2.66. The molecule has 0 aliphatic carbocycles. The number of phenols is 1. The van der Waals surface area contributed by atoms with E-state index in [1.54, 1.807) is 12.1 Å². The van der Waals surface area contributed by atoms with Gasteiger partial charge in [0.1, 0.15) is 5.75 Å². The highest BCUT2D eigenvalue weighted by Crippen LogP contribution is 2.36. The first-order valence-corrected chi connectivity index (χ1v) is 8.92. The van der Waals surface area contributed by atoms with Crippen LogP contribution >= 0.6 is 43.5 Å². The molecular weight excluding hydrogens is 445 g/mol. The predicted octanol–water partition coefficient (Wildman–Crippen LogP) is 5.62. The van der Waals surface area contributed by atoms with Crippen LogP contribution in [0.15, 0.2) is 45.5 Å². The van der Waals surface area contributed by atoms with Gasteiger partial charge in [0.2, 0.25) is 5.78 Å². The van der Waals surface area contributed by atoms with Gasteiger partial charge in [-0.3, -0.25) is 4.79 Å². The van der Waals surface area contributed by atoms with Gasteiger partial charge in [-0.2, -0.15) is 0 Å². The number of pyridine rings is 1. The van der Waals surface area contributed by atoms with E-state index in [0.717, 1.165) is 11.1 Å². The quantitative estimate of drug-likeness (QED) is 0.519. The molecule has 0 fully saturated rings. The fourth-order valence-corrected chi connectivity index (χ4v) is 4.19. The van der Waals surface area contributed by atoms with Gasteiger partial charge in [-0.1, -0.05) is 24.6 Å². The normalized spacial score (nSPS) is 11.1. The van der Waals surface area contributed by atoms with Crippen LogP contribution in [0.2, 0.25) is 5.02 Å². The lowest BCUT2D eigenvalue weighted by Gasteiger charge is -2.08.